The molecule has 9 nitrogen and oxygen atoms in total. The van der Waals surface area contributed by atoms with Crippen molar-refractivity contribution in [2.75, 3.05) is 25.2 Å². The minimum Gasteiger partial charge on any atom is -0.443 e. The Morgan fingerprint density at radius 2 is 1.65 bits per heavy atom. The highest BCUT2D eigenvalue weighted by molar-refractivity contribution is 6.76. The number of hydrogen-bond donors (Lipinski definition) is 0. The second kappa shape index (κ2) is 12.5. The Bertz CT molecular complexity index is 1590. The van der Waals surface area contributed by atoms with Gasteiger partial charge in [-0.15, -0.1) is 0 Å². The fraction of sp³-hybridized carbons (Fsp3) is 0.676. The first-order valence-electron chi connectivity index (χ1n) is 16.7. The third-order valence-corrected chi connectivity index (χ3v) is 12.5. The molecule has 1 aromatic carbocycles. The normalized spacial score (nSPS) is 19.7. The molecule has 2 heterocycles. The van der Waals surface area contributed by atoms with Crippen molar-refractivity contribution in [1.29, 1.82) is 0 Å². The van der Waals surface area contributed by atoms with E-state index in [1.54, 1.807) is 33.9 Å². The SMILES string of the molecule is CN(C(=O)OC(C)(C)C)c1cc(F)c2c(c1)nc(-c1nn(COCC[Si](C)(C)C)c3c1[C@H]1C[C@@](C)(C3)C1)n2COCC[Si](C)(C)C. The Balaban J connectivity index is 1.56. The Morgan fingerprint density at radius 1 is 1.04 bits per heavy atom. The van der Waals surface area contributed by atoms with E-state index in [-0.39, 0.29) is 12.1 Å². The highest BCUT2D eigenvalue weighted by Gasteiger charge is 2.50. The van der Waals surface area contributed by atoms with Gasteiger partial charge in [0.05, 0.1) is 11.2 Å². The first-order valence-corrected chi connectivity index (χ1v) is 24.1. The number of anilines is 1. The second-order valence-corrected chi connectivity index (χ2v) is 28.4. The van der Waals surface area contributed by atoms with E-state index in [0.717, 1.165) is 37.0 Å². The Labute approximate surface area is 275 Å². The lowest BCUT2D eigenvalue weighted by molar-refractivity contribution is 0.0589. The molecule has 1 fully saturated rings. The highest BCUT2D eigenvalue weighted by atomic mass is 28.3. The van der Waals surface area contributed by atoms with Crippen LogP contribution in [0.4, 0.5) is 14.9 Å². The summed E-state index contributed by atoms with van der Waals surface area (Å²) in [6.45, 7) is 23.6. The number of amides is 1. The van der Waals surface area contributed by atoms with Crippen LogP contribution in [0.2, 0.25) is 51.4 Å². The molecule has 254 valence electrons. The summed E-state index contributed by atoms with van der Waals surface area (Å²) in [5.41, 5.74) is 3.95. The summed E-state index contributed by atoms with van der Waals surface area (Å²) in [6.07, 6.45) is 2.60. The van der Waals surface area contributed by atoms with Crippen molar-refractivity contribution in [3.63, 3.8) is 0 Å². The summed E-state index contributed by atoms with van der Waals surface area (Å²) in [5, 5.41) is 5.15. The summed E-state index contributed by atoms with van der Waals surface area (Å²) in [7, 11) is -0.969. The lowest BCUT2D eigenvalue weighted by Crippen LogP contribution is -2.41. The number of rotatable bonds is 12. The number of imidazole rings is 1. The van der Waals surface area contributed by atoms with Crippen LogP contribution in [0, 0.1) is 11.2 Å². The van der Waals surface area contributed by atoms with E-state index in [4.69, 9.17) is 24.3 Å². The predicted octanol–water partition coefficient (Wildman–Crippen LogP) is 8.47. The highest BCUT2D eigenvalue weighted by Crippen LogP contribution is 2.59. The van der Waals surface area contributed by atoms with Gasteiger partial charge >= 0.3 is 6.09 Å². The van der Waals surface area contributed by atoms with Crippen LogP contribution in [0.5, 0.6) is 0 Å². The number of hydrogen-bond acceptors (Lipinski definition) is 6. The van der Waals surface area contributed by atoms with Crippen LogP contribution in [0.1, 0.15) is 57.7 Å². The summed E-state index contributed by atoms with van der Waals surface area (Å²) in [4.78, 5) is 19.2. The van der Waals surface area contributed by atoms with Gasteiger partial charge in [0.15, 0.2) is 11.6 Å². The van der Waals surface area contributed by atoms with Gasteiger partial charge in [0, 0.05) is 53.7 Å². The van der Waals surface area contributed by atoms with E-state index in [2.05, 4.69) is 46.2 Å². The quantitative estimate of drug-likeness (QED) is 0.142. The molecular formula is C34H54FN5O4Si2. The average molecular weight is 672 g/mol. The van der Waals surface area contributed by atoms with Gasteiger partial charge in [-0.05, 0) is 69.5 Å². The van der Waals surface area contributed by atoms with Crippen molar-refractivity contribution in [2.24, 2.45) is 5.41 Å². The molecule has 46 heavy (non-hydrogen) atoms. The van der Waals surface area contributed by atoms with Crippen LogP contribution in [-0.2, 0) is 34.1 Å². The van der Waals surface area contributed by atoms with Gasteiger partial charge in [0.2, 0.25) is 0 Å². The topological polar surface area (TPSA) is 83.6 Å². The summed E-state index contributed by atoms with van der Waals surface area (Å²) >= 11 is 0. The lowest BCUT2D eigenvalue weighted by atomic mass is 9.54. The van der Waals surface area contributed by atoms with Gasteiger partial charge in [-0.25, -0.2) is 18.9 Å². The fourth-order valence-electron chi connectivity index (χ4n) is 6.48. The van der Waals surface area contributed by atoms with Gasteiger partial charge in [0.1, 0.15) is 30.3 Å². The minimum absolute atomic E-state index is 0.158. The largest absolute Gasteiger partial charge is 0.443 e. The maximum Gasteiger partial charge on any atom is 0.414 e. The molecule has 0 aliphatic heterocycles. The standard InChI is InChI=1S/C34H54FN5O4Si2/c1-33(2,3)44-32(41)38(5)24-16-25(35)30-26(17-24)36-31(39(30)21-42-12-14-45(6,7)8)29-28-23-18-34(4,19-23)20-27(28)40(37-29)22-43-13-15-46(9,10)11/h16-17,23H,12-15,18-22H2,1-11H3/t23-,34+. The molecule has 1 amide bonds. The smallest absolute Gasteiger partial charge is 0.414 e. The zero-order valence-corrected chi connectivity index (χ0v) is 31.8. The van der Waals surface area contributed by atoms with E-state index in [1.807, 2.05) is 9.25 Å². The molecule has 0 radical (unpaired) electrons. The van der Waals surface area contributed by atoms with Gasteiger partial charge in [-0.2, -0.15) is 5.10 Å². The molecule has 3 aliphatic rings. The molecule has 3 aromatic rings. The van der Waals surface area contributed by atoms with Crippen molar-refractivity contribution in [2.45, 2.75) is 123 Å². The Hall–Kier alpha value is -2.55. The van der Waals surface area contributed by atoms with Crippen LogP contribution in [-0.4, -0.2) is 67.4 Å². The molecule has 12 heteroatoms. The van der Waals surface area contributed by atoms with Crippen LogP contribution >= 0.6 is 0 Å². The van der Waals surface area contributed by atoms with Crippen molar-refractivity contribution >= 4 is 39.0 Å². The fourth-order valence-corrected chi connectivity index (χ4v) is 8.00. The maximum atomic E-state index is 16.1. The predicted molar refractivity (Wildman–Crippen MR) is 188 cm³/mol. The summed E-state index contributed by atoms with van der Waals surface area (Å²) in [6, 6.07) is 5.21. The van der Waals surface area contributed by atoms with Crippen LogP contribution in [0.3, 0.4) is 0 Å². The third-order valence-electron chi connectivity index (χ3n) is 9.05. The number of carbonyl (C=O) groups is 1. The number of benzene rings is 1. The lowest BCUT2D eigenvalue weighted by Gasteiger charge is -2.50. The van der Waals surface area contributed by atoms with Crippen molar-refractivity contribution in [3.8, 4) is 11.5 Å². The van der Waals surface area contributed by atoms with E-state index < -0.39 is 33.7 Å². The molecule has 0 N–H and O–H groups in total. The second-order valence-electron chi connectivity index (χ2n) is 17.2. The zero-order valence-electron chi connectivity index (χ0n) is 29.8. The van der Waals surface area contributed by atoms with Gasteiger partial charge < -0.3 is 14.2 Å². The average Bonchev–Trinajstić information content (AvgIpc) is 3.44. The van der Waals surface area contributed by atoms with Crippen LogP contribution in [0.15, 0.2) is 12.1 Å². The zero-order chi connectivity index (χ0) is 33.8. The number of carbonyl (C=O) groups excluding carboxylic acids is 1. The molecule has 0 unspecified atom stereocenters. The molecule has 3 aliphatic carbocycles. The molecule has 1 saturated carbocycles. The van der Waals surface area contributed by atoms with Crippen molar-refractivity contribution in [1.82, 2.24) is 19.3 Å². The molecule has 6 rings (SSSR count). The molecule has 2 aromatic heterocycles. The Kier molecular flexibility index (Phi) is 9.44. The summed E-state index contributed by atoms with van der Waals surface area (Å²) < 4.78 is 37.9. The van der Waals surface area contributed by atoms with Crippen molar-refractivity contribution in [3.05, 3.63) is 29.2 Å². The van der Waals surface area contributed by atoms with Crippen molar-refractivity contribution < 1.29 is 23.4 Å². The first-order chi connectivity index (χ1) is 21.2. The van der Waals surface area contributed by atoms with E-state index in [9.17, 15) is 4.79 Å². The monoisotopic (exact) mass is 671 g/mol. The van der Waals surface area contributed by atoms with E-state index in [0.29, 0.717) is 48.4 Å². The third kappa shape index (κ3) is 7.77. The van der Waals surface area contributed by atoms with Crippen LogP contribution in [0.25, 0.3) is 22.6 Å². The van der Waals surface area contributed by atoms with E-state index in [1.165, 1.54) is 22.2 Å². The number of aromatic nitrogens is 4. The molecule has 2 bridgehead atoms. The van der Waals surface area contributed by atoms with Gasteiger partial charge in [-0.3, -0.25) is 9.47 Å². The number of ether oxygens (including phenoxy) is 3. The molecule has 0 saturated heterocycles. The maximum absolute atomic E-state index is 16.1. The summed E-state index contributed by atoms with van der Waals surface area (Å²) in [5.74, 6) is 0.500. The minimum atomic E-state index is -1.33. The Morgan fingerprint density at radius 3 is 2.24 bits per heavy atom. The molecular weight excluding hydrogens is 618 g/mol. The van der Waals surface area contributed by atoms with Gasteiger partial charge in [-0.1, -0.05) is 46.2 Å². The van der Waals surface area contributed by atoms with Gasteiger partial charge in [0.25, 0.3) is 0 Å². The first kappa shape index (κ1) is 34.8. The molecule has 0 spiro atoms. The number of halogens is 1. The molecule has 0 atom stereocenters. The van der Waals surface area contributed by atoms with Crippen LogP contribution < -0.4 is 4.90 Å². The number of fused-ring (bicyclic) bond motifs is 1. The number of nitrogens with zero attached hydrogens (tertiary/aromatic N) is 5. The van der Waals surface area contributed by atoms with E-state index >= 15 is 4.39 Å².